The Morgan fingerprint density at radius 3 is 2.50 bits per heavy atom. The summed E-state index contributed by atoms with van der Waals surface area (Å²) in [6.45, 7) is 1.82. The number of carbonyl (C=O) groups is 1. The minimum atomic E-state index is -0.124. The van der Waals surface area contributed by atoms with Gasteiger partial charge in [0.2, 0.25) is 5.78 Å². The van der Waals surface area contributed by atoms with Gasteiger partial charge in [0.05, 0.1) is 0 Å². The van der Waals surface area contributed by atoms with E-state index in [1.54, 1.807) is 18.2 Å². The van der Waals surface area contributed by atoms with Crippen LogP contribution in [-0.2, 0) is 0 Å². The molecule has 1 aromatic heterocycles. The van der Waals surface area contributed by atoms with E-state index in [9.17, 15) is 4.79 Å². The van der Waals surface area contributed by atoms with Gasteiger partial charge in [0.15, 0.2) is 5.76 Å². The van der Waals surface area contributed by atoms with E-state index in [-0.39, 0.29) is 5.78 Å². The molecule has 2 nitrogen and oxygen atoms in total. The highest BCUT2D eigenvalue weighted by molar-refractivity contribution is 6.02. The molecule has 0 fully saturated rings. The molecule has 1 aromatic carbocycles. The zero-order valence-electron chi connectivity index (χ0n) is 10.2. The molecule has 2 rings (SSSR count). The van der Waals surface area contributed by atoms with E-state index in [1.165, 1.54) is 6.08 Å². The van der Waals surface area contributed by atoms with Crippen LogP contribution in [0.3, 0.4) is 0 Å². The molecule has 1 heterocycles. The number of furan rings is 1. The van der Waals surface area contributed by atoms with Crippen molar-refractivity contribution in [2.24, 2.45) is 0 Å². The van der Waals surface area contributed by atoms with Crippen LogP contribution in [0.25, 0.3) is 6.08 Å². The molecule has 0 aliphatic heterocycles. The molecule has 0 bridgehead atoms. The fourth-order valence-corrected chi connectivity index (χ4v) is 1.52. The van der Waals surface area contributed by atoms with E-state index in [4.69, 9.17) is 4.42 Å². The van der Waals surface area contributed by atoms with Gasteiger partial charge in [0, 0.05) is 0 Å². The van der Waals surface area contributed by atoms with Crippen LogP contribution in [0, 0.1) is 6.92 Å². The Labute approximate surface area is 106 Å². The summed E-state index contributed by atoms with van der Waals surface area (Å²) in [5.41, 5.74) is 1.10. The van der Waals surface area contributed by atoms with E-state index in [0.717, 1.165) is 11.3 Å². The summed E-state index contributed by atoms with van der Waals surface area (Å²) in [7, 11) is 0. The SMILES string of the molecule is Cc1ccc(C(=O)/C=C/C=C/c2ccccc2)o1. The largest absolute Gasteiger partial charge is 0.458 e. The molecule has 0 amide bonds. The predicted octanol–water partition coefficient (Wildman–Crippen LogP) is 4.04. The summed E-state index contributed by atoms with van der Waals surface area (Å²) >= 11 is 0. The number of carbonyl (C=O) groups excluding carboxylic acids is 1. The lowest BCUT2D eigenvalue weighted by molar-refractivity contribution is 0.102. The van der Waals surface area contributed by atoms with Crippen LogP contribution < -0.4 is 0 Å². The summed E-state index contributed by atoms with van der Waals surface area (Å²) in [6, 6.07) is 13.4. The van der Waals surface area contributed by atoms with Crippen molar-refractivity contribution in [1.82, 2.24) is 0 Å². The first-order valence-corrected chi connectivity index (χ1v) is 5.76. The highest BCUT2D eigenvalue weighted by Gasteiger charge is 2.04. The van der Waals surface area contributed by atoms with Crippen LogP contribution in [0.4, 0.5) is 0 Å². The molecule has 0 saturated heterocycles. The van der Waals surface area contributed by atoms with Crippen molar-refractivity contribution in [2.45, 2.75) is 6.92 Å². The van der Waals surface area contributed by atoms with Crippen molar-refractivity contribution in [3.8, 4) is 0 Å². The molecule has 2 heteroatoms. The average molecular weight is 238 g/mol. The van der Waals surface area contributed by atoms with Gasteiger partial charge in [0.25, 0.3) is 0 Å². The normalized spacial score (nSPS) is 11.4. The third kappa shape index (κ3) is 3.32. The van der Waals surface area contributed by atoms with E-state index < -0.39 is 0 Å². The van der Waals surface area contributed by atoms with Crippen LogP contribution in [0.2, 0.25) is 0 Å². The number of hydrogen-bond acceptors (Lipinski definition) is 2. The molecule has 0 aliphatic carbocycles. The van der Waals surface area contributed by atoms with Crippen molar-refractivity contribution in [2.75, 3.05) is 0 Å². The molecule has 0 unspecified atom stereocenters. The Morgan fingerprint density at radius 1 is 1.06 bits per heavy atom. The molecule has 0 atom stereocenters. The van der Waals surface area contributed by atoms with Gasteiger partial charge < -0.3 is 4.42 Å². The molecule has 90 valence electrons. The number of benzene rings is 1. The Hall–Kier alpha value is -2.35. The second-order valence-electron chi connectivity index (χ2n) is 3.90. The van der Waals surface area contributed by atoms with E-state index in [2.05, 4.69) is 0 Å². The number of ketones is 1. The van der Waals surface area contributed by atoms with Crippen molar-refractivity contribution >= 4 is 11.9 Å². The van der Waals surface area contributed by atoms with Crippen LogP contribution in [0.5, 0.6) is 0 Å². The summed E-state index contributed by atoms with van der Waals surface area (Å²) in [6.07, 6.45) is 6.99. The van der Waals surface area contributed by atoms with Crippen LogP contribution >= 0.6 is 0 Å². The summed E-state index contributed by atoms with van der Waals surface area (Å²) in [5.74, 6) is 0.990. The lowest BCUT2D eigenvalue weighted by atomic mass is 10.2. The standard InChI is InChI=1S/C16H14O2/c1-13-11-12-16(18-13)15(17)10-6-5-9-14-7-3-2-4-8-14/h2-12H,1H3/b9-5+,10-6+. The maximum Gasteiger partial charge on any atom is 0.220 e. The summed E-state index contributed by atoms with van der Waals surface area (Å²) < 4.78 is 5.24. The van der Waals surface area contributed by atoms with Crippen molar-refractivity contribution < 1.29 is 9.21 Å². The number of allylic oxidation sites excluding steroid dienone is 3. The van der Waals surface area contributed by atoms with Crippen molar-refractivity contribution in [1.29, 1.82) is 0 Å². The topological polar surface area (TPSA) is 30.2 Å². The minimum Gasteiger partial charge on any atom is -0.458 e. The zero-order valence-corrected chi connectivity index (χ0v) is 10.2. The van der Waals surface area contributed by atoms with Crippen molar-refractivity contribution in [3.63, 3.8) is 0 Å². The Kier molecular flexibility index (Phi) is 3.92. The third-order valence-electron chi connectivity index (χ3n) is 2.43. The second kappa shape index (κ2) is 5.82. The lowest BCUT2D eigenvalue weighted by Crippen LogP contribution is -1.89. The lowest BCUT2D eigenvalue weighted by Gasteiger charge is -1.89. The maximum atomic E-state index is 11.7. The highest BCUT2D eigenvalue weighted by atomic mass is 16.3. The van der Waals surface area contributed by atoms with E-state index >= 15 is 0 Å². The third-order valence-corrected chi connectivity index (χ3v) is 2.43. The van der Waals surface area contributed by atoms with Gasteiger partial charge in [-0.15, -0.1) is 0 Å². The predicted molar refractivity (Wildman–Crippen MR) is 72.4 cm³/mol. The molecular weight excluding hydrogens is 224 g/mol. The molecule has 0 saturated carbocycles. The van der Waals surface area contributed by atoms with Gasteiger partial charge in [-0.3, -0.25) is 4.79 Å². The maximum absolute atomic E-state index is 11.7. The average Bonchev–Trinajstić information content (AvgIpc) is 2.82. The van der Waals surface area contributed by atoms with Crippen molar-refractivity contribution in [3.05, 3.63) is 77.8 Å². The van der Waals surface area contributed by atoms with E-state index in [1.807, 2.05) is 49.4 Å². The fraction of sp³-hybridized carbons (Fsp3) is 0.0625. The van der Waals surface area contributed by atoms with Gasteiger partial charge in [-0.2, -0.15) is 0 Å². The number of rotatable bonds is 4. The van der Waals surface area contributed by atoms with E-state index in [0.29, 0.717) is 5.76 Å². The van der Waals surface area contributed by atoms with Gasteiger partial charge in [-0.05, 0) is 30.7 Å². The molecule has 0 spiro atoms. The molecule has 0 aliphatic rings. The summed E-state index contributed by atoms with van der Waals surface area (Å²) in [4.78, 5) is 11.7. The first-order valence-electron chi connectivity index (χ1n) is 5.76. The quantitative estimate of drug-likeness (QED) is 0.457. The first kappa shape index (κ1) is 12.1. The molecular formula is C16H14O2. The molecule has 2 aromatic rings. The van der Waals surface area contributed by atoms with Crippen LogP contribution in [0.15, 0.2) is 65.1 Å². The fourth-order valence-electron chi connectivity index (χ4n) is 1.52. The Bertz CT molecular complexity index is 574. The second-order valence-corrected chi connectivity index (χ2v) is 3.90. The Balaban J connectivity index is 1.96. The summed E-state index contributed by atoms with van der Waals surface area (Å²) in [5, 5.41) is 0. The minimum absolute atomic E-state index is 0.124. The van der Waals surface area contributed by atoms with Crippen LogP contribution in [0.1, 0.15) is 21.9 Å². The molecule has 0 N–H and O–H groups in total. The Morgan fingerprint density at radius 2 is 1.83 bits per heavy atom. The molecule has 18 heavy (non-hydrogen) atoms. The van der Waals surface area contributed by atoms with Crippen LogP contribution in [-0.4, -0.2) is 5.78 Å². The van der Waals surface area contributed by atoms with Gasteiger partial charge >= 0.3 is 0 Å². The van der Waals surface area contributed by atoms with Gasteiger partial charge in [0.1, 0.15) is 5.76 Å². The number of aryl methyl sites for hydroxylation is 1. The highest BCUT2D eigenvalue weighted by Crippen LogP contribution is 2.07. The monoisotopic (exact) mass is 238 g/mol. The van der Waals surface area contributed by atoms with Gasteiger partial charge in [-0.25, -0.2) is 0 Å². The first-order chi connectivity index (χ1) is 8.75. The smallest absolute Gasteiger partial charge is 0.220 e. The molecule has 0 radical (unpaired) electrons. The zero-order chi connectivity index (χ0) is 12.8. The van der Waals surface area contributed by atoms with Gasteiger partial charge in [-0.1, -0.05) is 48.6 Å². The number of hydrogen-bond donors (Lipinski definition) is 0.